The maximum Gasteiger partial charge on any atom is 0.336 e. The molecule has 2 saturated heterocycles. The first-order chi connectivity index (χ1) is 13.0. The summed E-state index contributed by atoms with van der Waals surface area (Å²) in [5, 5.41) is 3.57. The Kier molecular flexibility index (Phi) is 3.44. The van der Waals surface area contributed by atoms with Crippen LogP contribution in [0.2, 0.25) is 0 Å². The van der Waals surface area contributed by atoms with Crippen LogP contribution in [0.3, 0.4) is 0 Å². The van der Waals surface area contributed by atoms with Crippen LogP contribution in [0, 0.1) is 5.92 Å². The summed E-state index contributed by atoms with van der Waals surface area (Å²) in [6.45, 7) is 5.57. The molecule has 0 saturated carbocycles. The number of nitrogens with zero attached hydrogens (tertiary/aromatic N) is 1. The van der Waals surface area contributed by atoms with Crippen LogP contribution < -0.4 is 5.32 Å². The molecule has 1 aliphatic carbocycles. The summed E-state index contributed by atoms with van der Waals surface area (Å²) in [5.74, 6) is -0.0538. The molecule has 2 fully saturated rings. The number of carbonyl (C=O) groups excluding carboxylic acids is 2. The van der Waals surface area contributed by atoms with Gasteiger partial charge in [0.25, 0.3) is 0 Å². The molecule has 3 aliphatic heterocycles. The number of carbonyl (C=O) groups is 2. The second kappa shape index (κ2) is 5.55. The van der Waals surface area contributed by atoms with Gasteiger partial charge < -0.3 is 10.1 Å². The molecule has 3 heterocycles. The van der Waals surface area contributed by atoms with E-state index in [9.17, 15) is 9.59 Å². The van der Waals surface area contributed by atoms with Crippen molar-refractivity contribution in [2.24, 2.45) is 5.92 Å². The number of esters is 1. The molecule has 1 aromatic rings. The summed E-state index contributed by atoms with van der Waals surface area (Å²) < 4.78 is 5.21. The number of benzene rings is 1. The van der Waals surface area contributed by atoms with Crippen LogP contribution in [-0.2, 0) is 14.9 Å². The minimum Gasteiger partial charge on any atom is -0.466 e. The molecule has 27 heavy (non-hydrogen) atoms. The number of methoxy groups -OCH3 is 1. The van der Waals surface area contributed by atoms with Crippen molar-refractivity contribution in [3.63, 3.8) is 0 Å². The van der Waals surface area contributed by atoms with Crippen LogP contribution in [0.4, 0.5) is 5.69 Å². The van der Waals surface area contributed by atoms with Gasteiger partial charge in [-0.2, -0.15) is 0 Å². The molecule has 5 heteroatoms. The van der Waals surface area contributed by atoms with Crippen LogP contribution in [0.5, 0.6) is 0 Å². The number of hydrogen-bond acceptors (Lipinski definition) is 5. The molecule has 0 aromatic heterocycles. The summed E-state index contributed by atoms with van der Waals surface area (Å²) in [7, 11) is 1.46. The van der Waals surface area contributed by atoms with E-state index in [1.54, 1.807) is 6.92 Å². The third kappa shape index (κ3) is 1.98. The fraction of sp³-hybridized carbons (Fsp3) is 0.455. The molecule has 5 rings (SSSR count). The molecule has 4 aliphatic rings. The highest BCUT2D eigenvalue weighted by Gasteiger charge is 2.62. The minimum atomic E-state index is -0.236. The van der Waals surface area contributed by atoms with Crippen molar-refractivity contribution < 1.29 is 14.3 Å². The van der Waals surface area contributed by atoms with E-state index in [4.69, 9.17) is 4.74 Å². The van der Waals surface area contributed by atoms with Gasteiger partial charge in [0, 0.05) is 42.0 Å². The van der Waals surface area contributed by atoms with E-state index in [0.29, 0.717) is 6.04 Å². The number of piperidine rings is 1. The van der Waals surface area contributed by atoms with Gasteiger partial charge >= 0.3 is 5.97 Å². The van der Waals surface area contributed by atoms with Gasteiger partial charge in [0.15, 0.2) is 5.78 Å². The van der Waals surface area contributed by atoms with Gasteiger partial charge in [-0.3, -0.25) is 9.69 Å². The highest BCUT2D eigenvalue weighted by atomic mass is 16.5. The predicted molar refractivity (Wildman–Crippen MR) is 103 cm³/mol. The number of ether oxygens (including phenoxy) is 1. The van der Waals surface area contributed by atoms with Gasteiger partial charge in [-0.05, 0) is 50.5 Å². The van der Waals surface area contributed by atoms with E-state index >= 15 is 0 Å². The van der Waals surface area contributed by atoms with E-state index in [0.717, 1.165) is 48.5 Å². The first-order valence-electron chi connectivity index (χ1n) is 9.65. The van der Waals surface area contributed by atoms with E-state index in [2.05, 4.69) is 23.2 Å². The summed E-state index contributed by atoms with van der Waals surface area (Å²) in [4.78, 5) is 27.4. The van der Waals surface area contributed by atoms with E-state index in [1.165, 1.54) is 18.2 Å². The lowest BCUT2D eigenvalue weighted by Gasteiger charge is -2.48. The quantitative estimate of drug-likeness (QED) is 0.497. The highest BCUT2D eigenvalue weighted by molar-refractivity contribution is 5.97. The zero-order valence-electron chi connectivity index (χ0n) is 16.0. The monoisotopic (exact) mass is 364 g/mol. The van der Waals surface area contributed by atoms with Crippen molar-refractivity contribution in [1.82, 2.24) is 4.90 Å². The van der Waals surface area contributed by atoms with Crippen LogP contribution in [0.1, 0.15) is 42.6 Å². The number of Topliss-reactive ketones (excluding diaryl/α,β-unsaturated/α-hetero) is 1. The van der Waals surface area contributed by atoms with E-state index in [-0.39, 0.29) is 23.1 Å². The number of nitrogens with one attached hydrogen (secondary N) is 1. The largest absolute Gasteiger partial charge is 0.466 e. The molecule has 1 aromatic carbocycles. The number of rotatable bonds is 2. The fourth-order valence-electron chi connectivity index (χ4n) is 5.87. The zero-order chi connectivity index (χ0) is 18.9. The van der Waals surface area contributed by atoms with E-state index in [1.807, 2.05) is 18.2 Å². The normalized spacial score (nSPS) is 32.2. The van der Waals surface area contributed by atoms with Crippen molar-refractivity contribution >= 4 is 17.4 Å². The molecule has 5 nitrogen and oxygen atoms in total. The Morgan fingerprint density at radius 1 is 1.37 bits per heavy atom. The first kappa shape index (κ1) is 16.8. The Balaban J connectivity index is 1.80. The molecule has 1 spiro atoms. The average molecular weight is 364 g/mol. The summed E-state index contributed by atoms with van der Waals surface area (Å²) >= 11 is 0. The lowest BCUT2D eigenvalue weighted by Crippen LogP contribution is -2.53. The minimum absolute atomic E-state index is 0.0724. The van der Waals surface area contributed by atoms with Crippen molar-refractivity contribution in [1.29, 1.82) is 0 Å². The van der Waals surface area contributed by atoms with Gasteiger partial charge in [0.2, 0.25) is 0 Å². The van der Waals surface area contributed by atoms with Crippen LogP contribution in [-0.4, -0.2) is 42.9 Å². The third-order valence-corrected chi connectivity index (χ3v) is 7.10. The first-order valence-corrected chi connectivity index (χ1v) is 9.65. The second-order valence-electron chi connectivity index (χ2n) is 8.08. The van der Waals surface area contributed by atoms with Crippen molar-refractivity contribution in [2.45, 2.75) is 38.1 Å². The molecule has 3 atom stereocenters. The molecular formula is C22H24N2O3. The number of anilines is 1. The third-order valence-electron chi connectivity index (χ3n) is 7.10. The molecule has 1 N–H and O–H groups in total. The fourth-order valence-corrected chi connectivity index (χ4v) is 5.87. The Morgan fingerprint density at radius 2 is 2.19 bits per heavy atom. The standard InChI is InChI=1S/C22H24N2O3/c1-4-13-11-24-8-7-22-16-9-14(12(2)25)5-6-17(16)23-20(22)19(21(26)27-3)15(13)10-18(22)24/h4-6,9,15,18,23H,7-8,10-11H2,1-3H3/b13-4-/t15?,18-,22+/m0/s1. The molecule has 2 bridgehead atoms. The summed E-state index contributed by atoms with van der Waals surface area (Å²) in [6.07, 6.45) is 4.04. The van der Waals surface area contributed by atoms with Crippen LogP contribution >= 0.6 is 0 Å². The smallest absolute Gasteiger partial charge is 0.336 e. The molecule has 140 valence electrons. The van der Waals surface area contributed by atoms with Crippen molar-refractivity contribution in [2.75, 3.05) is 25.5 Å². The Bertz CT molecular complexity index is 945. The maximum atomic E-state index is 12.9. The lowest BCUT2D eigenvalue weighted by atomic mass is 9.61. The molecule has 0 radical (unpaired) electrons. The maximum absolute atomic E-state index is 12.9. The van der Waals surface area contributed by atoms with Gasteiger partial charge in [-0.15, -0.1) is 0 Å². The Morgan fingerprint density at radius 3 is 2.89 bits per heavy atom. The lowest BCUT2D eigenvalue weighted by molar-refractivity contribution is -0.137. The number of allylic oxidation sites excluding steroid dienone is 1. The summed E-state index contributed by atoms with van der Waals surface area (Å²) in [6, 6.07) is 6.26. The van der Waals surface area contributed by atoms with Gasteiger partial charge in [0.1, 0.15) is 0 Å². The van der Waals surface area contributed by atoms with Crippen molar-refractivity contribution in [3.8, 4) is 0 Å². The molecular weight excluding hydrogens is 340 g/mol. The van der Waals surface area contributed by atoms with Gasteiger partial charge in [0.05, 0.1) is 18.1 Å². The highest BCUT2D eigenvalue weighted by Crippen LogP contribution is 2.61. The Hall–Kier alpha value is -2.40. The van der Waals surface area contributed by atoms with E-state index < -0.39 is 0 Å². The Labute approximate surface area is 159 Å². The van der Waals surface area contributed by atoms with Crippen molar-refractivity contribution in [3.05, 3.63) is 52.2 Å². The average Bonchev–Trinajstić information content (AvgIpc) is 3.23. The summed E-state index contributed by atoms with van der Waals surface area (Å²) in [5.41, 5.74) is 5.78. The SMILES string of the molecule is C/C=C1/CN2CC[C@]34C(=C(C(=O)OC)C1C[C@H]23)Nc1ccc(C(C)=O)cc14. The molecule has 0 amide bonds. The van der Waals surface area contributed by atoms with Gasteiger partial charge in [-0.1, -0.05) is 11.6 Å². The predicted octanol–water partition coefficient (Wildman–Crippen LogP) is 3.03. The second-order valence-corrected chi connectivity index (χ2v) is 8.08. The number of hydrogen-bond donors (Lipinski definition) is 1. The number of fused-ring (bicyclic) bond motifs is 2. The van der Waals surface area contributed by atoms with Crippen LogP contribution in [0.25, 0.3) is 0 Å². The van der Waals surface area contributed by atoms with Gasteiger partial charge in [-0.25, -0.2) is 4.79 Å². The topological polar surface area (TPSA) is 58.6 Å². The number of ketones is 1. The van der Waals surface area contributed by atoms with Crippen LogP contribution in [0.15, 0.2) is 41.1 Å². The zero-order valence-corrected chi connectivity index (χ0v) is 16.0. The molecule has 1 unspecified atom stereocenters.